The van der Waals surface area contributed by atoms with Crippen LogP contribution in [0.2, 0.25) is 0 Å². The average molecular weight is 557 g/mol. The van der Waals surface area contributed by atoms with E-state index in [2.05, 4.69) is 62.3 Å². The SMILES string of the molecule is CC1=C(C(C)O)C(O)[C@@]2(C)C(C)C3C(O)C4C(C)CCC(C5CCC(C)C(CC(C)C)C5)C4C[C@@]3(C)C[C@@]2(C)C1. The van der Waals surface area contributed by atoms with Crippen molar-refractivity contribution in [2.24, 2.45) is 75.4 Å². The molecule has 5 aliphatic carbocycles. The molecule has 15 atom stereocenters. The van der Waals surface area contributed by atoms with Crippen molar-refractivity contribution in [1.82, 2.24) is 0 Å². The maximum atomic E-state index is 12.5. The van der Waals surface area contributed by atoms with Crippen molar-refractivity contribution in [3.05, 3.63) is 11.1 Å². The Hall–Kier alpha value is -0.380. The summed E-state index contributed by atoms with van der Waals surface area (Å²) in [6.45, 7) is 23.3. The molecule has 0 bridgehead atoms. The number of hydrogen-bond donors (Lipinski definition) is 3. The van der Waals surface area contributed by atoms with E-state index in [0.717, 1.165) is 48.0 Å². The molecule has 0 aliphatic heterocycles. The molecule has 5 rings (SSSR count). The molecule has 0 heterocycles. The Balaban J connectivity index is 1.49. The van der Waals surface area contributed by atoms with Gasteiger partial charge in [-0.25, -0.2) is 0 Å². The number of allylic oxidation sites excluding steroid dienone is 1. The molecule has 3 N–H and O–H groups in total. The average Bonchev–Trinajstić information content (AvgIpc) is 2.82. The molecule has 12 unspecified atom stereocenters. The van der Waals surface area contributed by atoms with Gasteiger partial charge in [0.05, 0.1) is 18.3 Å². The van der Waals surface area contributed by atoms with Crippen molar-refractivity contribution in [3.8, 4) is 0 Å². The summed E-state index contributed by atoms with van der Waals surface area (Å²) in [5.74, 6) is 6.02. The number of hydrogen-bond acceptors (Lipinski definition) is 3. The number of fused-ring (bicyclic) bond motifs is 3. The topological polar surface area (TPSA) is 60.7 Å². The molecule has 4 saturated carbocycles. The summed E-state index contributed by atoms with van der Waals surface area (Å²) >= 11 is 0. The van der Waals surface area contributed by atoms with Crippen molar-refractivity contribution >= 4 is 0 Å². The zero-order valence-corrected chi connectivity index (χ0v) is 27.7. The van der Waals surface area contributed by atoms with E-state index in [4.69, 9.17) is 0 Å². The molecule has 0 amide bonds. The Morgan fingerprint density at radius 1 is 0.900 bits per heavy atom. The maximum absolute atomic E-state index is 12.5. The van der Waals surface area contributed by atoms with Gasteiger partial charge in [0.1, 0.15) is 0 Å². The number of aliphatic hydroxyl groups is 3. The number of rotatable bonds is 4. The van der Waals surface area contributed by atoms with Gasteiger partial charge in [-0.1, -0.05) is 73.8 Å². The fourth-order valence-electron chi connectivity index (χ4n) is 12.9. The van der Waals surface area contributed by atoms with Gasteiger partial charge >= 0.3 is 0 Å². The van der Waals surface area contributed by atoms with E-state index in [0.29, 0.717) is 17.8 Å². The first-order valence-electron chi connectivity index (χ1n) is 17.3. The molecule has 4 fully saturated rings. The highest BCUT2D eigenvalue weighted by molar-refractivity contribution is 5.33. The summed E-state index contributed by atoms with van der Waals surface area (Å²) in [5.41, 5.74) is 1.68. The highest BCUT2D eigenvalue weighted by Gasteiger charge is 2.69. The monoisotopic (exact) mass is 556 g/mol. The van der Waals surface area contributed by atoms with Crippen molar-refractivity contribution in [2.45, 2.75) is 145 Å². The van der Waals surface area contributed by atoms with Gasteiger partial charge in [0.2, 0.25) is 0 Å². The molecule has 3 nitrogen and oxygen atoms in total. The normalized spacial score (nSPS) is 54.0. The third-order valence-electron chi connectivity index (χ3n) is 14.7. The largest absolute Gasteiger partial charge is 0.392 e. The van der Waals surface area contributed by atoms with Crippen LogP contribution in [0.5, 0.6) is 0 Å². The van der Waals surface area contributed by atoms with E-state index < -0.39 is 12.2 Å². The first kappa shape index (κ1) is 31.1. The molecule has 0 aromatic heterocycles. The fourth-order valence-corrected chi connectivity index (χ4v) is 12.9. The quantitative estimate of drug-likeness (QED) is 0.305. The zero-order chi connectivity index (χ0) is 29.5. The fraction of sp³-hybridized carbons (Fsp3) is 0.946. The summed E-state index contributed by atoms with van der Waals surface area (Å²) in [6, 6.07) is 0. The zero-order valence-electron chi connectivity index (χ0n) is 27.7. The van der Waals surface area contributed by atoms with Gasteiger partial charge in [-0.2, -0.15) is 0 Å². The lowest BCUT2D eigenvalue weighted by atomic mass is 9.35. The minimum atomic E-state index is -0.658. The second-order valence-corrected chi connectivity index (χ2v) is 17.6. The second-order valence-electron chi connectivity index (χ2n) is 17.6. The Morgan fingerprint density at radius 2 is 1.55 bits per heavy atom. The molecule has 0 saturated heterocycles. The first-order valence-corrected chi connectivity index (χ1v) is 17.3. The molecule has 5 aliphatic rings. The molecule has 0 radical (unpaired) electrons. The smallest absolute Gasteiger partial charge is 0.0838 e. The van der Waals surface area contributed by atoms with Crippen LogP contribution in [0.25, 0.3) is 0 Å². The van der Waals surface area contributed by atoms with Crippen LogP contribution in [0.4, 0.5) is 0 Å². The minimum Gasteiger partial charge on any atom is -0.392 e. The summed E-state index contributed by atoms with van der Waals surface area (Å²) in [5, 5.41) is 35.1. The molecule has 0 aromatic carbocycles. The van der Waals surface area contributed by atoms with E-state index in [9.17, 15) is 15.3 Å². The molecule has 230 valence electrons. The molecular weight excluding hydrogens is 492 g/mol. The van der Waals surface area contributed by atoms with Gasteiger partial charge in [-0.3, -0.25) is 0 Å². The molecular formula is C37H64O3. The molecule has 0 spiro atoms. The predicted octanol–water partition coefficient (Wildman–Crippen LogP) is 8.26. The van der Waals surface area contributed by atoms with Crippen LogP contribution in [-0.2, 0) is 0 Å². The van der Waals surface area contributed by atoms with Gasteiger partial charge in [-0.05, 0) is 134 Å². The Kier molecular flexibility index (Phi) is 8.27. The van der Waals surface area contributed by atoms with Gasteiger partial charge in [0, 0.05) is 5.41 Å². The van der Waals surface area contributed by atoms with E-state index in [1.165, 1.54) is 50.5 Å². The van der Waals surface area contributed by atoms with Gasteiger partial charge in [-0.15, -0.1) is 0 Å². The third kappa shape index (κ3) is 4.61. The van der Waals surface area contributed by atoms with Crippen LogP contribution >= 0.6 is 0 Å². The van der Waals surface area contributed by atoms with Crippen LogP contribution < -0.4 is 0 Å². The van der Waals surface area contributed by atoms with Gasteiger partial charge < -0.3 is 15.3 Å². The Bertz CT molecular complexity index is 968. The highest BCUT2D eigenvalue weighted by atomic mass is 16.3. The van der Waals surface area contributed by atoms with E-state index in [1.807, 2.05) is 6.92 Å². The van der Waals surface area contributed by atoms with Crippen molar-refractivity contribution in [2.75, 3.05) is 0 Å². The maximum Gasteiger partial charge on any atom is 0.0838 e. The highest BCUT2D eigenvalue weighted by Crippen LogP contribution is 2.72. The van der Waals surface area contributed by atoms with Crippen LogP contribution in [0.3, 0.4) is 0 Å². The van der Waals surface area contributed by atoms with Gasteiger partial charge in [0.25, 0.3) is 0 Å². The summed E-state index contributed by atoms with van der Waals surface area (Å²) < 4.78 is 0. The van der Waals surface area contributed by atoms with Crippen LogP contribution in [0.15, 0.2) is 11.1 Å². The lowest BCUT2D eigenvalue weighted by Crippen LogP contribution is -2.68. The predicted molar refractivity (Wildman–Crippen MR) is 166 cm³/mol. The molecule has 40 heavy (non-hydrogen) atoms. The first-order chi connectivity index (χ1) is 18.6. The van der Waals surface area contributed by atoms with E-state index in [1.54, 1.807) is 0 Å². The second kappa shape index (κ2) is 10.7. The Labute approximate surface area is 247 Å². The lowest BCUT2D eigenvalue weighted by molar-refractivity contribution is -0.248. The van der Waals surface area contributed by atoms with E-state index >= 15 is 0 Å². The van der Waals surface area contributed by atoms with Crippen molar-refractivity contribution in [1.29, 1.82) is 0 Å². The summed E-state index contributed by atoms with van der Waals surface area (Å²) in [6.07, 6.45) is 9.81. The standard InChI is InChI=1S/C37H64O3/c1-20(2)15-27-16-26(13-11-21(27)3)28-14-12-22(4)31-29(28)18-35(8)19-36(9)17-23(5)30(25(7)38)34(40)37(36,10)24(6)32(35)33(31)39/h20-22,24-29,31-34,38-40H,11-19H2,1-10H3/t21?,22?,24?,25?,26?,27?,28?,29?,31?,32?,33?,34?,35-,36+,37+/m0/s1. The van der Waals surface area contributed by atoms with Crippen LogP contribution in [0.1, 0.15) is 127 Å². The number of aliphatic hydroxyl groups excluding tert-OH is 3. The van der Waals surface area contributed by atoms with Gasteiger partial charge in [0.15, 0.2) is 0 Å². The summed E-state index contributed by atoms with van der Waals surface area (Å²) in [4.78, 5) is 0. The minimum absolute atomic E-state index is 0.0511. The molecule has 3 heteroatoms. The van der Waals surface area contributed by atoms with Crippen LogP contribution in [-0.4, -0.2) is 33.6 Å². The van der Waals surface area contributed by atoms with E-state index in [-0.39, 0.29) is 34.2 Å². The van der Waals surface area contributed by atoms with Crippen molar-refractivity contribution < 1.29 is 15.3 Å². The lowest BCUT2D eigenvalue weighted by Gasteiger charge is -2.70. The summed E-state index contributed by atoms with van der Waals surface area (Å²) in [7, 11) is 0. The molecule has 0 aromatic rings. The third-order valence-corrected chi connectivity index (χ3v) is 14.7. The van der Waals surface area contributed by atoms with Crippen LogP contribution in [0, 0.1) is 75.4 Å². The van der Waals surface area contributed by atoms with Crippen molar-refractivity contribution in [3.63, 3.8) is 0 Å². The Morgan fingerprint density at radius 3 is 2.17 bits per heavy atom.